The smallest absolute Gasteiger partial charge is 0.237 e. The number of rotatable bonds is 6. The van der Waals surface area contributed by atoms with Crippen LogP contribution in [0.15, 0.2) is 29.0 Å². The van der Waals surface area contributed by atoms with E-state index in [0.717, 1.165) is 25.8 Å². The van der Waals surface area contributed by atoms with E-state index < -0.39 is 0 Å². The summed E-state index contributed by atoms with van der Waals surface area (Å²) in [4.78, 5) is 31.4. The fraction of sp³-hybridized carbons (Fsp3) is 0.474. The first-order chi connectivity index (χ1) is 12.6. The summed E-state index contributed by atoms with van der Waals surface area (Å²) in [7, 11) is 1.84. The van der Waals surface area contributed by atoms with Crippen LogP contribution in [0.3, 0.4) is 0 Å². The summed E-state index contributed by atoms with van der Waals surface area (Å²) in [6.45, 7) is 1.26. The third-order valence-corrected chi connectivity index (χ3v) is 6.78. The molecular weight excluding hydrogens is 366 g/mol. The van der Waals surface area contributed by atoms with Crippen molar-refractivity contribution < 1.29 is 9.59 Å². The molecule has 0 radical (unpaired) electrons. The monoisotopic (exact) mass is 389 g/mol. The molecule has 1 saturated carbocycles. The second kappa shape index (κ2) is 7.50. The van der Waals surface area contributed by atoms with Crippen molar-refractivity contribution in [3.63, 3.8) is 0 Å². The average molecular weight is 390 g/mol. The largest absolute Gasteiger partial charge is 0.352 e. The Morgan fingerprint density at radius 2 is 2.08 bits per heavy atom. The SMILES string of the molecule is CN(CC(=O)NC1CC1)CC(=O)N1CCc2sccc2C1c1cccs1. The van der Waals surface area contributed by atoms with Crippen LogP contribution >= 0.6 is 22.7 Å². The third kappa shape index (κ3) is 3.84. The Kier molecular flexibility index (Phi) is 5.11. The van der Waals surface area contributed by atoms with Crippen molar-refractivity contribution in [3.8, 4) is 0 Å². The van der Waals surface area contributed by atoms with E-state index in [1.54, 1.807) is 22.7 Å². The number of nitrogens with one attached hydrogen (secondary N) is 1. The van der Waals surface area contributed by atoms with Gasteiger partial charge in [-0.1, -0.05) is 6.07 Å². The molecule has 0 aromatic carbocycles. The highest BCUT2D eigenvalue weighted by molar-refractivity contribution is 7.10. The van der Waals surface area contributed by atoms with Crippen molar-refractivity contribution in [3.05, 3.63) is 44.3 Å². The minimum atomic E-state index is 0.00573. The maximum absolute atomic E-state index is 13.0. The minimum absolute atomic E-state index is 0.00573. The molecule has 2 aromatic heterocycles. The lowest BCUT2D eigenvalue weighted by Crippen LogP contribution is -2.46. The molecular formula is C19H23N3O2S2. The highest BCUT2D eigenvalue weighted by atomic mass is 32.1. The highest BCUT2D eigenvalue weighted by Gasteiger charge is 2.33. The van der Waals surface area contributed by atoms with Crippen molar-refractivity contribution in [1.82, 2.24) is 15.1 Å². The summed E-state index contributed by atoms with van der Waals surface area (Å²) in [6.07, 6.45) is 3.06. The van der Waals surface area contributed by atoms with Crippen LogP contribution in [-0.4, -0.2) is 54.3 Å². The first-order valence-electron chi connectivity index (χ1n) is 8.99. The van der Waals surface area contributed by atoms with Gasteiger partial charge in [0.15, 0.2) is 0 Å². The number of carbonyl (C=O) groups excluding carboxylic acids is 2. The molecule has 0 spiro atoms. The number of carbonyl (C=O) groups is 2. The Morgan fingerprint density at radius 1 is 1.23 bits per heavy atom. The minimum Gasteiger partial charge on any atom is -0.352 e. The number of fused-ring (bicyclic) bond motifs is 1. The van der Waals surface area contributed by atoms with Gasteiger partial charge in [-0.05, 0) is 54.8 Å². The van der Waals surface area contributed by atoms with E-state index in [4.69, 9.17) is 0 Å². The molecule has 2 amide bonds. The lowest BCUT2D eigenvalue weighted by molar-refractivity contribution is -0.134. The van der Waals surface area contributed by atoms with E-state index >= 15 is 0 Å². The molecule has 1 aliphatic heterocycles. The predicted molar refractivity (Wildman–Crippen MR) is 105 cm³/mol. The molecule has 1 atom stereocenters. The zero-order valence-electron chi connectivity index (χ0n) is 14.8. The van der Waals surface area contributed by atoms with Crippen LogP contribution in [0.5, 0.6) is 0 Å². The van der Waals surface area contributed by atoms with Gasteiger partial charge in [0.25, 0.3) is 0 Å². The number of likely N-dealkylation sites (N-methyl/N-ethyl adjacent to an activating group) is 1. The van der Waals surface area contributed by atoms with E-state index in [-0.39, 0.29) is 30.9 Å². The van der Waals surface area contributed by atoms with Crippen LogP contribution in [-0.2, 0) is 16.0 Å². The van der Waals surface area contributed by atoms with Gasteiger partial charge in [0.05, 0.1) is 19.1 Å². The van der Waals surface area contributed by atoms with Crippen LogP contribution < -0.4 is 5.32 Å². The van der Waals surface area contributed by atoms with E-state index in [2.05, 4.69) is 28.2 Å². The van der Waals surface area contributed by atoms with E-state index in [1.165, 1.54) is 15.3 Å². The Balaban J connectivity index is 1.45. The summed E-state index contributed by atoms with van der Waals surface area (Å²) in [5, 5.41) is 7.16. The molecule has 1 aliphatic carbocycles. The van der Waals surface area contributed by atoms with E-state index in [9.17, 15) is 9.59 Å². The van der Waals surface area contributed by atoms with E-state index in [0.29, 0.717) is 6.04 Å². The molecule has 1 N–H and O–H groups in total. The van der Waals surface area contributed by atoms with Crippen LogP contribution in [0.2, 0.25) is 0 Å². The summed E-state index contributed by atoms with van der Waals surface area (Å²) in [5.74, 6) is 0.0957. The molecule has 26 heavy (non-hydrogen) atoms. The topological polar surface area (TPSA) is 52.7 Å². The Bertz CT molecular complexity index is 783. The second-order valence-corrected chi connectivity index (χ2v) is 9.05. The fourth-order valence-electron chi connectivity index (χ4n) is 3.46. The summed E-state index contributed by atoms with van der Waals surface area (Å²) >= 11 is 3.47. The Morgan fingerprint density at radius 3 is 2.81 bits per heavy atom. The van der Waals surface area contributed by atoms with Crippen LogP contribution in [0.25, 0.3) is 0 Å². The Hall–Kier alpha value is -1.70. The highest BCUT2D eigenvalue weighted by Crippen LogP contribution is 2.39. The van der Waals surface area contributed by atoms with Gasteiger partial charge in [-0.3, -0.25) is 14.5 Å². The molecule has 138 valence electrons. The summed E-state index contributed by atoms with van der Waals surface area (Å²) in [5.41, 5.74) is 1.26. The number of thiophene rings is 2. The maximum atomic E-state index is 13.0. The molecule has 2 aromatic rings. The molecule has 2 aliphatic rings. The van der Waals surface area contributed by atoms with Crippen LogP contribution in [0, 0.1) is 0 Å². The molecule has 4 rings (SSSR count). The quantitative estimate of drug-likeness (QED) is 0.826. The number of amides is 2. The zero-order chi connectivity index (χ0) is 18.1. The summed E-state index contributed by atoms with van der Waals surface area (Å²) in [6, 6.07) is 6.66. The van der Waals surface area contributed by atoms with Crippen LogP contribution in [0.1, 0.15) is 34.2 Å². The Labute approximate surface area is 161 Å². The lowest BCUT2D eigenvalue weighted by atomic mass is 9.98. The van der Waals surface area contributed by atoms with Gasteiger partial charge in [-0.15, -0.1) is 22.7 Å². The van der Waals surface area contributed by atoms with Gasteiger partial charge < -0.3 is 10.2 Å². The molecule has 0 bridgehead atoms. The van der Waals surface area contributed by atoms with Gasteiger partial charge in [-0.2, -0.15) is 0 Å². The normalized spacial score (nSPS) is 19.5. The molecule has 1 unspecified atom stereocenters. The lowest BCUT2D eigenvalue weighted by Gasteiger charge is -2.36. The molecule has 3 heterocycles. The van der Waals surface area contributed by atoms with Gasteiger partial charge >= 0.3 is 0 Å². The summed E-state index contributed by atoms with van der Waals surface area (Å²) < 4.78 is 0. The average Bonchev–Trinajstić information content (AvgIpc) is 3.10. The first kappa shape index (κ1) is 17.7. The van der Waals surface area contributed by atoms with Crippen molar-refractivity contribution in [1.29, 1.82) is 0 Å². The fourth-order valence-corrected chi connectivity index (χ4v) is 5.22. The molecule has 7 heteroatoms. The van der Waals surface area contributed by atoms with Gasteiger partial charge in [-0.25, -0.2) is 0 Å². The van der Waals surface area contributed by atoms with Crippen LogP contribution in [0.4, 0.5) is 0 Å². The standard InChI is InChI=1S/C19H23N3O2S2/c1-21(11-17(23)20-13-4-5-13)12-18(24)22-8-6-15-14(7-10-26-15)19(22)16-3-2-9-25-16/h2-3,7,9-10,13,19H,4-6,8,11-12H2,1H3,(H,20,23). The molecule has 5 nitrogen and oxygen atoms in total. The zero-order valence-corrected chi connectivity index (χ0v) is 16.4. The van der Waals surface area contributed by atoms with E-state index in [1.807, 2.05) is 22.9 Å². The maximum Gasteiger partial charge on any atom is 0.237 e. The molecule has 1 fully saturated rings. The number of hydrogen-bond acceptors (Lipinski definition) is 5. The second-order valence-electron chi connectivity index (χ2n) is 7.07. The third-order valence-electron chi connectivity index (χ3n) is 4.86. The van der Waals surface area contributed by atoms with Gasteiger partial charge in [0.2, 0.25) is 11.8 Å². The first-order valence-corrected chi connectivity index (χ1v) is 10.7. The van der Waals surface area contributed by atoms with Gasteiger partial charge in [0.1, 0.15) is 0 Å². The van der Waals surface area contributed by atoms with Crippen molar-refractivity contribution >= 4 is 34.5 Å². The van der Waals surface area contributed by atoms with Crippen molar-refractivity contribution in [2.45, 2.75) is 31.3 Å². The predicted octanol–water partition coefficient (Wildman–Crippen LogP) is 2.49. The van der Waals surface area contributed by atoms with Crippen molar-refractivity contribution in [2.75, 3.05) is 26.7 Å². The molecule has 0 saturated heterocycles. The number of hydrogen-bond donors (Lipinski definition) is 1. The van der Waals surface area contributed by atoms with Crippen molar-refractivity contribution in [2.24, 2.45) is 0 Å². The number of nitrogens with zero attached hydrogens (tertiary/aromatic N) is 2. The van der Waals surface area contributed by atoms with Gasteiger partial charge in [0, 0.05) is 22.3 Å².